The first-order chi connectivity index (χ1) is 12.2. The molecule has 2 aromatic carbocycles. The van der Waals surface area contributed by atoms with Crippen molar-refractivity contribution in [2.75, 3.05) is 23.7 Å². The molecule has 5 nitrogen and oxygen atoms in total. The van der Waals surface area contributed by atoms with E-state index in [2.05, 4.69) is 5.32 Å². The SMILES string of the molecule is Cc1cc(C)cc(N(CC(=O)NCC(C)c2ccccc2)S(C)(=O)=O)c1. The van der Waals surface area contributed by atoms with E-state index in [0.29, 0.717) is 12.2 Å². The van der Waals surface area contributed by atoms with Crippen LogP contribution in [0, 0.1) is 13.8 Å². The van der Waals surface area contributed by atoms with Crippen molar-refractivity contribution in [3.8, 4) is 0 Å². The predicted molar refractivity (Wildman–Crippen MR) is 106 cm³/mol. The molecule has 26 heavy (non-hydrogen) atoms. The zero-order valence-corrected chi connectivity index (χ0v) is 16.5. The minimum absolute atomic E-state index is 0.146. The van der Waals surface area contributed by atoms with Gasteiger partial charge in [0.25, 0.3) is 0 Å². The second-order valence-corrected chi connectivity index (χ2v) is 8.64. The average Bonchev–Trinajstić information content (AvgIpc) is 2.56. The molecule has 0 fully saturated rings. The number of benzene rings is 2. The van der Waals surface area contributed by atoms with E-state index in [4.69, 9.17) is 0 Å². The summed E-state index contributed by atoms with van der Waals surface area (Å²) < 4.78 is 25.5. The Hall–Kier alpha value is -2.34. The minimum atomic E-state index is -3.56. The third kappa shape index (κ3) is 5.59. The fraction of sp³-hybridized carbons (Fsp3) is 0.350. The lowest BCUT2D eigenvalue weighted by Crippen LogP contribution is -2.41. The fourth-order valence-corrected chi connectivity index (χ4v) is 3.69. The third-order valence-electron chi connectivity index (χ3n) is 4.16. The summed E-state index contributed by atoms with van der Waals surface area (Å²) in [6.07, 6.45) is 1.12. The predicted octanol–water partition coefficient (Wildman–Crippen LogP) is 2.99. The van der Waals surface area contributed by atoms with Gasteiger partial charge in [-0.05, 0) is 48.6 Å². The number of carbonyl (C=O) groups is 1. The lowest BCUT2D eigenvalue weighted by Gasteiger charge is -2.23. The van der Waals surface area contributed by atoms with Crippen molar-refractivity contribution in [2.24, 2.45) is 0 Å². The summed E-state index contributed by atoms with van der Waals surface area (Å²) in [5.74, 6) is -0.176. The Morgan fingerprint density at radius 3 is 2.19 bits per heavy atom. The number of hydrogen-bond donors (Lipinski definition) is 1. The Morgan fingerprint density at radius 2 is 1.65 bits per heavy atom. The molecule has 0 aliphatic rings. The molecule has 1 amide bonds. The first-order valence-electron chi connectivity index (χ1n) is 8.54. The van der Waals surface area contributed by atoms with Crippen molar-refractivity contribution < 1.29 is 13.2 Å². The number of aryl methyl sites for hydroxylation is 2. The first-order valence-corrected chi connectivity index (χ1v) is 10.4. The van der Waals surface area contributed by atoms with Gasteiger partial charge in [-0.25, -0.2) is 8.42 Å². The smallest absolute Gasteiger partial charge is 0.240 e. The van der Waals surface area contributed by atoms with Gasteiger partial charge < -0.3 is 5.32 Å². The maximum Gasteiger partial charge on any atom is 0.240 e. The van der Waals surface area contributed by atoms with E-state index in [1.165, 1.54) is 0 Å². The summed E-state index contributed by atoms with van der Waals surface area (Å²) in [6.45, 7) is 6.04. The molecule has 0 aromatic heterocycles. The van der Waals surface area contributed by atoms with Gasteiger partial charge in [-0.2, -0.15) is 0 Å². The van der Waals surface area contributed by atoms with Crippen LogP contribution in [-0.4, -0.2) is 33.7 Å². The van der Waals surface area contributed by atoms with Crippen LogP contribution in [0.15, 0.2) is 48.5 Å². The van der Waals surface area contributed by atoms with Crippen LogP contribution in [0.1, 0.15) is 29.5 Å². The quantitative estimate of drug-likeness (QED) is 0.810. The number of nitrogens with one attached hydrogen (secondary N) is 1. The number of amides is 1. The fourth-order valence-electron chi connectivity index (χ4n) is 2.85. The van der Waals surface area contributed by atoms with Gasteiger partial charge in [0.1, 0.15) is 6.54 Å². The van der Waals surface area contributed by atoms with E-state index in [1.807, 2.05) is 57.2 Å². The largest absolute Gasteiger partial charge is 0.354 e. The third-order valence-corrected chi connectivity index (χ3v) is 5.30. The summed E-state index contributed by atoms with van der Waals surface area (Å²) in [5, 5.41) is 2.84. The zero-order chi connectivity index (χ0) is 19.3. The molecule has 0 spiro atoms. The zero-order valence-electron chi connectivity index (χ0n) is 15.7. The van der Waals surface area contributed by atoms with Gasteiger partial charge in [0.15, 0.2) is 0 Å². The van der Waals surface area contributed by atoms with Crippen LogP contribution in [-0.2, 0) is 14.8 Å². The molecular formula is C20H26N2O3S. The molecule has 1 unspecified atom stereocenters. The molecule has 0 aliphatic heterocycles. The monoisotopic (exact) mass is 374 g/mol. The Morgan fingerprint density at radius 1 is 1.08 bits per heavy atom. The molecule has 0 radical (unpaired) electrons. The van der Waals surface area contributed by atoms with Crippen molar-refractivity contribution in [3.05, 3.63) is 65.2 Å². The normalized spacial score (nSPS) is 12.5. The Labute approximate surface area is 156 Å². The second-order valence-electron chi connectivity index (χ2n) is 6.73. The molecule has 0 bridgehead atoms. The van der Waals surface area contributed by atoms with E-state index in [1.54, 1.807) is 12.1 Å². The lowest BCUT2D eigenvalue weighted by molar-refractivity contribution is -0.119. The van der Waals surface area contributed by atoms with Crippen molar-refractivity contribution in [2.45, 2.75) is 26.7 Å². The summed E-state index contributed by atoms with van der Waals surface area (Å²) >= 11 is 0. The van der Waals surface area contributed by atoms with Crippen LogP contribution >= 0.6 is 0 Å². The van der Waals surface area contributed by atoms with E-state index in [-0.39, 0.29) is 18.4 Å². The highest BCUT2D eigenvalue weighted by Gasteiger charge is 2.21. The second kappa shape index (κ2) is 8.36. The Bertz CT molecular complexity index is 844. The van der Waals surface area contributed by atoms with Gasteiger partial charge in [0, 0.05) is 6.54 Å². The molecule has 1 atom stereocenters. The molecule has 0 aliphatic carbocycles. The van der Waals surface area contributed by atoms with Crippen LogP contribution in [0.3, 0.4) is 0 Å². The number of carbonyl (C=O) groups excluding carboxylic acids is 1. The van der Waals surface area contributed by atoms with Crippen molar-refractivity contribution in [1.82, 2.24) is 5.32 Å². The summed E-state index contributed by atoms with van der Waals surface area (Å²) in [4.78, 5) is 12.4. The van der Waals surface area contributed by atoms with Crippen LogP contribution in [0.4, 0.5) is 5.69 Å². The van der Waals surface area contributed by atoms with Gasteiger partial charge in [0.05, 0.1) is 11.9 Å². The number of sulfonamides is 1. The van der Waals surface area contributed by atoms with Crippen LogP contribution in [0.2, 0.25) is 0 Å². The van der Waals surface area contributed by atoms with E-state index >= 15 is 0 Å². The number of hydrogen-bond acceptors (Lipinski definition) is 3. The van der Waals surface area contributed by atoms with Crippen LogP contribution in [0.25, 0.3) is 0 Å². The van der Waals surface area contributed by atoms with Crippen molar-refractivity contribution >= 4 is 21.6 Å². The number of anilines is 1. The standard InChI is InChI=1S/C20H26N2O3S/c1-15-10-16(2)12-19(11-15)22(26(4,24)25)14-20(23)21-13-17(3)18-8-6-5-7-9-18/h5-12,17H,13-14H2,1-4H3,(H,21,23). The van der Waals surface area contributed by atoms with Crippen molar-refractivity contribution in [1.29, 1.82) is 0 Å². The van der Waals surface area contributed by atoms with Gasteiger partial charge >= 0.3 is 0 Å². The lowest BCUT2D eigenvalue weighted by atomic mass is 10.0. The summed E-state index contributed by atoms with van der Waals surface area (Å²) in [7, 11) is -3.56. The molecule has 0 saturated heterocycles. The van der Waals surface area contributed by atoms with Crippen LogP contribution in [0.5, 0.6) is 0 Å². The summed E-state index contributed by atoms with van der Waals surface area (Å²) in [6, 6.07) is 15.4. The molecule has 140 valence electrons. The number of nitrogens with zero attached hydrogens (tertiary/aromatic N) is 1. The van der Waals surface area contributed by atoms with Gasteiger partial charge in [-0.1, -0.05) is 43.3 Å². The topological polar surface area (TPSA) is 66.5 Å². The summed E-state index contributed by atoms with van der Waals surface area (Å²) in [5.41, 5.74) is 3.54. The highest BCUT2D eigenvalue weighted by Crippen LogP contribution is 2.21. The molecule has 1 N–H and O–H groups in total. The minimum Gasteiger partial charge on any atom is -0.354 e. The van der Waals surface area contributed by atoms with E-state index in [0.717, 1.165) is 27.3 Å². The van der Waals surface area contributed by atoms with Gasteiger partial charge in [-0.3, -0.25) is 9.10 Å². The van der Waals surface area contributed by atoms with Gasteiger partial charge in [0.2, 0.25) is 15.9 Å². The molecule has 0 saturated carbocycles. The molecule has 2 rings (SSSR count). The maximum absolute atomic E-state index is 12.4. The highest BCUT2D eigenvalue weighted by molar-refractivity contribution is 7.92. The van der Waals surface area contributed by atoms with Gasteiger partial charge in [-0.15, -0.1) is 0 Å². The molecule has 2 aromatic rings. The average molecular weight is 375 g/mol. The Kier molecular flexibility index (Phi) is 6.42. The maximum atomic E-state index is 12.4. The molecular weight excluding hydrogens is 348 g/mol. The van der Waals surface area contributed by atoms with Crippen LogP contribution < -0.4 is 9.62 Å². The molecule has 6 heteroatoms. The van der Waals surface area contributed by atoms with E-state index < -0.39 is 10.0 Å². The molecule has 0 heterocycles. The highest BCUT2D eigenvalue weighted by atomic mass is 32.2. The Balaban J connectivity index is 2.08. The number of rotatable bonds is 7. The van der Waals surface area contributed by atoms with Crippen molar-refractivity contribution in [3.63, 3.8) is 0 Å². The first kappa shape index (κ1) is 20.0. The van der Waals surface area contributed by atoms with E-state index in [9.17, 15) is 13.2 Å².